The molecule has 15 heavy (non-hydrogen) atoms. The molecule has 1 aromatic heterocycles. The molecule has 80 valence electrons. The van der Waals surface area contributed by atoms with Crippen LogP contribution in [0, 0.1) is 0 Å². The summed E-state index contributed by atoms with van der Waals surface area (Å²) in [5.74, 6) is -0.545. The van der Waals surface area contributed by atoms with Crippen molar-refractivity contribution in [2.45, 2.75) is 6.54 Å². The van der Waals surface area contributed by atoms with Crippen LogP contribution < -0.4 is 10.6 Å². The third-order valence-corrected chi connectivity index (χ3v) is 1.46. The van der Waals surface area contributed by atoms with Crippen LogP contribution in [0.15, 0.2) is 6.20 Å². The molecule has 8 nitrogen and oxygen atoms in total. The van der Waals surface area contributed by atoms with Crippen LogP contribution in [0.4, 0.5) is 4.79 Å². The number of aldehydes is 1. The summed E-state index contributed by atoms with van der Waals surface area (Å²) in [6.45, 7) is -0.172. The Labute approximate surface area is 84.6 Å². The molecule has 1 heterocycles. The number of aromatic nitrogens is 3. The standard InChI is InChI=1S/C7H9N5O3/c1-8-7(15)9-6(14)3-12-2-5(4-13)10-11-12/h2,4H,3H2,1H3,(H2,8,9,14,15). The van der Waals surface area contributed by atoms with Gasteiger partial charge in [-0.15, -0.1) is 5.10 Å². The maximum absolute atomic E-state index is 11.1. The van der Waals surface area contributed by atoms with Crippen molar-refractivity contribution in [1.29, 1.82) is 0 Å². The quantitative estimate of drug-likeness (QED) is 0.595. The normalized spacial score (nSPS) is 9.40. The summed E-state index contributed by atoms with van der Waals surface area (Å²) in [7, 11) is 1.39. The first kappa shape index (κ1) is 10.8. The van der Waals surface area contributed by atoms with Gasteiger partial charge in [0.25, 0.3) is 0 Å². The highest BCUT2D eigenvalue weighted by atomic mass is 16.2. The van der Waals surface area contributed by atoms with E-state index in [4.69, 9.17) is 0 Å². The van der Waals surface area contributed by atoms with Gasteiger partial charge in [-0.1, -0.05) is 5.21 Å². The maximum Gasteiger partial charge on any atom is 0.321 e. The molecule has 0 saturated carbocycles. The van der Waals surface area contributed by atoms with Crippen molar-refractivity contribution in [3.05, 3.63) is 11.9 Å². The van der Waals surface area contributed by atoms with Gasteiger partial charge < -0.3 is 5.32 Å². The van der Waals surface area contributed by atoms with Crippen LogP contribution in [0.2, 0.25) is 0 Å². The zero-order valence-corrected chi connectivity index (χ0v) is 7.93. The van der Waals surface area contributed by atoms with Crippen LogP contribution in [0.3, 0.4) is 0 Å². The van der Waals surface area contributed by atoms with Crippen molar-refractivity contribution < 1.29 is 14.4 Å². The summed E-state index contributed by atoms with van der Waals surface area (Å²) in [5.41, 5.74) is 0.128. The summed E-state index contributed by atoms with van der Waals surface area (Å²) >= 11 is 0. The molecule has 0 aliphatic heterocycles. The minimum Gasteiger partial charge on any atom is -0.341 e. The molecule has 8 heteroatoms. The highest BCUT2D eigenvalue weighted by molar-refractivity contribution is 5.93. The van der Waals surface area contributed by atoms with Gasteiger partial charge >= 0.3 is 6.03 Å². The molecule has 0 aromatic carbocycles. The predicted molar refractivity (Wildman–Crippen MR) is 48.0 cm³/mol. The number of imide groups is 1. The number of carbonyl (C=O) groups excluding carboxylic acids is 3. The second kappa shape index (κ2) is 4.84. The zero-order valence-electron chi connectivity index (χ0n) is 7.93. The lowest BCUT2D eigenvalue weighted by molar-refractivity contribution is -0.120. The van der Waals surface area contributed by atoms with E-state index in [9.17, 15) is 14.4 Å². The van der Waals surface area contributed by atoms with Crippen LogP contribution in [-0.4, -0.2) is 40.3 Å². The van der Waals surface area contributed by atoms with E-state index in [1.165, 1.54) is 13.2 Å². The van der Waals surface area contributed by atoms with Gasteiger partial charge in [0.15, 0.2) is 6.29 Å². The molecule has 0 atom stereocenters. The lowest BCUT2D eigenvalue weighted by atomic mass is 10.5. The Morgan fingerprint density at radius 3 is 2.87 bits per heavy atom. The monoisotopic (exact) mass is 211 g/mol. The zero-order chi connectivity index (χ0) is 11.3. The van der Waals surface area contributed by atoms with E-state index in [-0.39, 0.29) is 12.2 Å². The van der Waals surface area contributed by atoms with Gasteiger partial charge in [0, 0.05) is 7.05 Å². The maximum atomic E-state index is 11.1. The van der Waals surface area contributed by atoms with E-state index >= 15 is 0 Å². The van der Waals surface area contributed by atoms with E-state index in [1.54, 1.807) is 0 Å². The fourth-order valence-corrected chi connectivity index (χ4v) is 0.820. The van der Waals surface area contributed by atoms with Crippen LogP contribution in [0.1, 0.15) is 10.5 Å². The molecule has 1 rings (SSSR count). The summed E-state index contributed by atoms with van der Waals surface area (Å²) in [6, 6.07) is -0.601. The smallest absolute Gasteiger partial charge is 0.321 e. The first-order chi connectivity index (χ1) is 7.15. The second-order valence-corrected chi connectivity index (χ2v) is 2.59. The SMILES string of the molecule is CNC(=O)NC(=O)Cn1cc(C=O)nn1. The van der Waals surface area contributed by atoms with Crippen LogP contribution in [0.5, 0.6) is 0 Å². The first-order valence-electron chi connectivity index (χ1n) is 4.02. The molecule has 0 fully saturated rings. The van der Waals surface area contributed by atoms with Gasteiger partial charge in [-0.25, -0.2) is 9.48 Å². The van der Waals surface area contributed by atoms with Gasteiger partial charge in [-0.2, -0.15) is 0 Å². The van der Waals surface area contributed by atoms with Crippen molar-refractivity contribution in [3.63, 3.8) is 0 Å². The second-order valence-electron chi connectivity index (χ2n) is 2.59. The van der Waals surface area contributed by atoms with Crippen molar-refractivity contribution in [3.8, 4) is 0 Å². The molecule has 0 saturated heterocycles. The molecule has 0 unspecified atom stereocenters. The molecule has 0 aliphatic rings. The van der Waals surface area contributed by atoms with E-state index in [0.29, 0.717) is 6.29 Å². The molecular formula is C7H9N5O3. The minimum atomic E-state index is -0.601. The number of hydrogen-bond donors (Lipinski definition) is 2. The Kier molecular flexibility index (Phi) is 3.49. The van der Waals surface area contributed by atoms with E-state index in [2.05, 4.69) is 15.6 Å². The van der Waals surface area contributed by atoms with Crippen molar-refractivity contribution in [2.75, 3.05) is 7.05 Å². The number of carbonyl (C=O) groups is 3. The van der Waals surface area contributed by atoms with Crippen molar-refractivity contribution >= 4 is 18.2 Å². The molecule has 3 amide bonds. The van der Waals surface area contributed by atoms with Crippen molar-refractivity contribution in [1.82, 2.24) is 25.6 Å². The van der Waals surface area contributed by atoms with Gasteiger partial charge in [-0.05, 0) is 0 Å². The molecule has 0 aliphatic carbocycles. The van der Waals surface area contributed by atoms with Gasteiger partial charge in [0.2, 0.25) is 5.91 Å². The van der Waals surface area contributed by atoms with Gasteiger partial charge in [0.05, 0.1) is 6.20 Å². The number of nitrogens with one attached hydrogen (secondary N) is 2. The largest absolute Gasteiger partial charge is 0.341 e. The lowest BCUT2D eigenvalue weighted by Gasteiger charge is -2.01. The molecular weight excluding hydrogens is 202 g/mol. The first-order valence-corrected chi connectivity index (χ1v) is 4.02. The van der Waals surface area contributed by atoms with E-state index in [1.807, 2.05) is 5.32 Å². The Morgan fingerprint density at radius 1 is 1.60 bits per heavy atom. The lowest BCUT2D eigenvalue weighted by Crippen LogP contribution is -2.39. The molecule has 0 bridgehead atoms. The summed E-state index contributed by atoms with van der Waals surface area (Å²) in [4.78, 5) is 32.1. The Balaban J connectivity index is 2.51. The number of amides is 3. The van der Waals surface area contributed by atoms with Crippen LogP contribution in [-0.2, 0) is 11.3 Å². The van der Waals surface area contributed by atoms with Crippen LogP contribution in [0.25, 0.3) is 0 Å². The molecule has 0 spiro atoms. The third kappa shape index (κ3) is 3.18. The third-order valence-electron chi connectivity index (χ3n) is 1.46. The van der Waals surface area contributed by atoms with Gasteiger partial charge in [-0.3, -0.25) is 14.9 Å². The molecule has 2 N–H and O–H groups in total. The highest BCUT2D eigenvalue weighted by Crippen LogP contribution is 1.88. The highest BCUT2D eigenvalue weighted by Gasteiger charge is 2.07. The Hall–Kier alpha value is -2.25. The predicted octanol–water partition coefficient (Wildman–Crippen LogP) is -1.45. The topological polar surface area (TPSA) is 106 Å². The minimum absolute atomic E-state index is 0.128. The van der Waals surface area contributed by atoms with Crippen molar-refractivity contribution in [2.24, 2.45) is 0 Å². The molecule has 0 radical (unpaired) electrons. The summed E-state index contributed by atoms with van der Waals surface area (Å²) in [6.07, 6.45) is 1.82. The fourth-order valence-electron chi connectivity index (χ4n) is 0.820. The fraction of sp³-hybridized carbons (Fsp3) is 0.286. The van der Waals surface area contributed by atoms with E-state index < -0.39 is 11.9 Å². The summed E-state index contributed by atoms with van der Waals surface area (Å²) in [5, 5.41) is 11.2. The average Bonchev–Trinajstić information content (AvgIpc) is 2.65. The Morgan fingerprint density at radius 2 is 2.33 bits per heavy atom. The molecule has 1 aromatic rings. The van der Waals surface area contributed by atoms with Crippen LogP contribution >= 0.6 is 0 Å². The number of hydrogen-bond acceptors (Lipinski definition) is 5. The summed E-state index contributed by atoms with van der Waals surface area (Å²) < 4.78 is 1.15. The van der Waals surface area contributed by atoms with Gasteiger partial charge in [0.1, 0.15) is 12.2 Å². The van der Waals surface area contributed by atoms with E-state index in [0.717, 1.165) is 4.68 Å². The number of urea groups is 1. The number of rotatable bonds is 3. The Bertz CT molecular complexity index is 386. The average molecular weight is 211 g/mol. The number of nitrogens with zero attached hydrogens (tertiary/aromatic N) is 3.